The number of carbonyl (C=O) groups is 1. The smallest absolute Gasteiger partial charge is 0.226 e. The number of pyridine rings is 1. The standard InChI is InChI=1S/C30H31N5O2S/c1-19-10-4-5-11-23(19)32-27(37)15-17-34-29(28(33-30(34)38)24-12-8-9-16-31-24)22-18-20(2)35(21(22)3)25-13-6-7-14-26(25)36/h4-14,16,18,28-29,36H,15,17H2,1-3H3,(H,32,37)(H,33,38)/t28-,29-/m1/s1. The molecule has 4 aromatic rings. The number of amides is 1. The van der Waals surface area contributed by atoms with Gasteiger partial charge in [0.2, 0.25) is 5.91 Å². The molecule has 0 radical (unpaired) electrons. The van der Waals surface area contributed by atoms with Gasteiger partial charge in [0.1, 0.15) is 5.75 Å². The van der Waals surface area contributed by atoms with E-state index >= 15 is 0 Å². The van der Waals surface area contributed by atoms with E-state index in [0.29, 0.717) is 11.7 Å². The molecule has 0 aliphatic carbocycles. The van der Waals surface area contributed by atoms with Crippen LogP contribution in [0.5, 0.6) is 5.75 Å². The van der Waals surface area contributed by atoms with Gasteiger partial charge in [-0.1, -0.05) is 36.4 Å². The minimum absolute atomic E-state index is 0.0678. The van der Waals surface area contributed by atoms with Gasteiger partial charge in [-0.25, -0.2) is 0 Å². The zero-order valence-electron chi connectivity index (χ0n) is 21.7. The van der Waals surface area contributed by atoms with E-state index in [2.05, 4.69) is 38.1 Å². The van der Waals surface area contributed by atoms with Crippen molar-refractivity contribution in [3.8, 4) is 11.4 Å². The number of benzene rings is 2. The lowest BCUT2D eigenvalue weighted by Gasteiger charge is -2.28. The molecule has 3 heterocycles. The fourth-order valence-electron chi connectivity index (χ4n) is 5.24. The van der Waals surface area contributed by atoms with Gasteiger partial charge < -0.3 is 25.2 Å². The van der Waals surface area contributed by atoms with Crippen LogP contribution in [0.25, 0.3) is 5.69 Å². The molecule has 1 saturated heterocycles. The molecule has 0 unspecified atom stereocenters. The number of nitrogens with one attached hydrogen (secondary N) is 2. The first-order chi connectivity index (χ1) is 18.3. The molecule has 7 nitrogen and oxygen atoms in total. The molecule has 5 rings (SSSR count). The summed E-state index contributed by atoms with van der Waals surface area (Å²) in [6.45, 7) is 6.49. The van der Waals surface area contributed by atoms with Gasteiger partial charge in [-0.3, -0.25) is 9.78 Å². The van der Waals surface area contributed by atoms with E-state index < -0.39 is 0 Å². The van der Waals surface area contributed by atoms with Crippen molar-refractivity contribution in [2.45, 2.75) is 39.3 Å². The van der Waals surface area contributed by atoms with E-state index in [4.69, 9.17) is 12.2 Å². The fraction of sp³-hybridized carbons (Fsp3) is 0.233. The van der Waals surface area contributed by atoms with Crippen LogP contribution in [0, 0.1) is 20.8 Å². The molecule has 8 heteroatoms. The summed E-state index contributed by atoms with van der Waals surface area (Å²) in [6, 6.07) is 22.7. The van der Waals surface area contributed by atoms with E-state index in [1.54, 1.807) is 12.3 Å². The minimum atomic E-state index is -0.193. The van der Waals surface area contributed by atoms with Crippen molar-refractivity contribution < 1.29 is 9.90 Å². The maximum atomic E-state index is 12.9. The zero-order chi connectivity index (χ0) is 26.8. The van der Waals surface area contributed by atoms with Crippen LogP contribution in [0.1, 0.15) is 46.7 Å². The molecule has 3 N–H and O–H groups in total. The minimum Gasteiger partial charge on any atom is -0.506 e. The lowest BCUT2D eigenvalue weighted by atomic mass is 9.96. The number of nitrogens with zero attached hydrogens (tertiary/aromatic N) is 3. The summed E-state index contributed by atoms with van der Waals surface area (Å²) in [5.41, 5.74) is 6.48. The maximum absolute atomic E-state index is 12.9. The molecule has 1 aliphatic heterocycles. The van der Waals surface area contributed by atoms with Gasteiger partial charge in [0.05, 0.1) is 23.5 Å². The number of aromatic hydroxyl groups is 1. The van der Waals surface area contributed by atoms with Crippen LogP contribution in [-0.4, -0.2) is 37.1 Å². The highest BCUT2D eigenvalue weighted by Crippen LogP contribution is 2.42. The molecule has 2 aromatic heterocycles. The van der Waals surface area contributed by atoms with Crippen molar-refractivity contribution in [2.75, 3.05) is 11.9 Å². The summed E-state index contributed by atoms with van der Waals surface area (Å²) in [4.78, 5) is 19.6. The Kier molecular flexibility index (Phi) is 7.15. The first kappa shape index (κ1) is 25.5. The number of anilines is 1. The predicted octanol–water partition coefficient (Wildman–Crippen LogP) is 5.50. The number of phenols is 1. The number of phenolic OH excluding ortho intramolecular Hbond substituents is 1. The summed E-state index contributed by atoms with van der Waals surface area (Å²) in [5, 5.41) is 17.7. The third-order valence-corrected chi connectivity index (χ3v) is 7.46. The van der Waals surface area contributed by atoms with Gasteiger partial charge in [0.25, 0.3) is 0 Å². The average molecular weight is 526 g/mol. The van der Waals surface area contributed by atoms with Crippen LogP contribution >= 0.6 is 12.2 Å². The van der Waals surface area contributed by atoms with E-state index in [0.717, 1.165) is 39.6 Å². The number of rotatable bonds is 7. The lowest BCUT2D eigenvalue weighted by Crippen LogP contribution is -2.33. The molecular formula is C30H31N5O2S. The molecule has 38 heavy (non-hydrogen) atoms. The van der Waals surface area contributed by atoms with E-state index in [1.165, 1.54) is 0 Å². The Bertz CT molecular complexity index is 1480. The quantitative estimate of drug-likeness (QED) is 0.276. The summed E-state index contributed by atoms with van der Waals surface area (Å²) >= 11 is 5.80. The highest BCUT2D eigenvalue weighted by atomic mass is 32.1. The van der Waals surface area contributed by atoms with Gasteiger partial charge in [-0.2, -0.15) is 0 Å². The number of hydrogen-bond acceptors (Lipinski definition) is 4. The summed E-state index contributed by atoms with van der Waals surface area (Å²) in [5.74, 6) is 0.147. The molecule has 1 amide bonds. The maximum Gasteiger partial charge on any atom is 0.226 e. The second-order valence-corrected chi connectivity index (χ2v) is 9.97. The zero-order valence-corrected chi connectivity index (χ0v) is 22.5. The SMILES string of the molecule is Cc1ccccc1NC(=O)CCN1C(=S)N[C@H](c2ccccn2)[C@H]1c1cc(C)n(-c2ccccc2O)c1C. The van der Waals surface area contributed by atoms with Crippen molar-refractivity contribution >= 4 is 28.9 Å². The highest BCUT2D eigenvalue weighted by Gasteiger charge is 2.41. The number of para-hydroxylation sites is 3. The van der Waals surface area contributed by atoms with Crippen LogP contribution in [0.3, 0.4) is 0 Å². The number of carbonyl (C=O) groups excluding carboxylic acids is 1. The first-order valence-electron chi connectivity index (χ1n) is 12.7. The van der Waals surface area contributed by atoms with Gasteiger partial charge in [-0.05, 0) is 80.5 Å². The second kappa shape index (κ2) is 10.7. The van der Waals surface area contributed by atoms with Crippen molar-refractivity contribution in [3.63, 3.8) is 0 Å². The van der Waals surface area contributed by atoms with E-state index in [-0.39, 0.29) is 30.2 Å². The molecular weight excluding hydrogens is 494 g/mol. The van der Waals surface area contributed by atoms with Crippen molar-refractivity contribution in [3.05, 3.63) is 107 Å². The van der Waals surface area contributed by atoms with Crippen LogP contribution in [0.15, 0.2) is 79.0 Å². The monoisotopic (exact) mass is 525 g/mol. The molecule has 1 aliphatic rings. The predicted molar refractivity (Wildman–Crippen MR) is 153 cm³/mol. The van der Waals surface area contributed by atoms with E-state index in [9.17, 15) is 9.90 Å². The van der Waals surface area contributed by atoms with Crippen LogP contribution in [0.2, 0.25) is 0 Å². The largest absolute Gasteiger partial charge is 0.506 e. The summed E-state index contributed by atoms with van der Waals surface area (Å²) in [7, 11) is 0. The Labute approximate surface area is 228 Å². The van der Waals surface area contributed by atoms with Crippen LogP contribution in [0.4, 0.5) is 5.69 Å². The topological polar surface area (TPSA) is 82.4 Å². The van der Waals surface area contributed by atoms with Gasteiger partial charge >= 0.3 is 0 Å². The van der Waals surface area contributed by atoms with Gasteiger partial charge in [-0.15, -0.1) is 0 Å². The molecule has 0 spiro atoms. The van der Waals surface area contributed by atoms with Gasteiger partial charge in [0, 0.05) is 36.2 Å². The molecule has 1 fully saturated rings. The molecule has 194 valence electrons. The number of aromatic nitrogens is 2. The van der Waals surface area contributed by atoms with Gasteiger partial charge in [0.15, 0.2) is 5.11 Å². The Morgan fingerprint density at radius 3 is 2.53 bits per heavy atom. The Morgan fingerprint density at radius 2 is 1.79 bits per heavy atom. The number of thiocarbonyl (C=S) groups is 1. The molecule has 2 atom stereocenters. The van der Waals surface area contributed by atoms with Crippen LogP contribution in [-0.2, 0) is 4.79 Å². The first-order valence-corrected chi connectivity index (χ1v) is 13.1. The summed E-state index contributed by atoms with van der Waals surface area (Å²) < 4.78 is 2.06. The number of hydrogen-bond donors (Lipinski definition) is 3. The Morgan fingerprint density at radius 1 is 1.05 bits per heavy atom. The Hall–Kier alpha value is -4.17. The highest BCUT2D eigenvalue weighted by molar-refractivity contribution is 7.80. The Balaban J connectivity index is 1.48. The average Bonchev–Trinajstić information content (AvgIpc) is 3.39. The van der Waals surface area contributed by atoms with E-state index in [1.807, 2.05) is 74.5 Å². The third-order valence-electron chi connectivity index (χ3n) is 7.11. The molecule has 0 bridgehead atoms. The third kappa shape index (κ3) is 4.87. The summed E-state index contributed by atoms with van der Waals surface area (Å²) in [6.07, 6.45) is 2.06. The normalized spacial score (nSPS) is 16.9. The molecule has 0 saturated carbocycles. The number of aryl methyl sites for hydroxylation is 2. The second-order valence-electron chi connectivity index (χ2n) is 9.58. The van der Waals surface area contributed by atoms with Crippen molar-refractivity contribution in [1.29, 1.82) is 0 Å². The van der Waals surface area contributed by atoms with Crippen LogP contribution < -0.4 is 10.6 Å². The fourth-order valence-corrected chi connectivity index (χ4v) is 5.58. The molecule has 2 aromatic carbocycles. The van der Waals surface area contributed by atoms with Crippen molar-refractivity contribution in [2.24, 2.45) is 0 Å². The van der Waals surface area contributed by atoms with Crippen molar-refractivity contribution in [1.82, 2.24) is 19.8 Å². The lowest BCUT2D eigenvalue weighted by molar-refractivity contribution is -0.116.